The van der Waals surface area contributed by atoms with Gasteiger partial charge in [0.1, 0.15) is 5.03 Å². The molecule has 0 spiro atoms. The molecule has 0 saturated carbocycles. The van der Waals surface area contributed by atoms with E-state index in [1.54, 1.807) is 10.9 Å². The van der Waals surface area contributed by atoms with Crippen molar-refractivity contribution in [3.05, 3.63) is 72.4 Å². The fourth-order valence-electron chi connectivity index (χ4n) is 2.10. The predicted octanol–water partition coefficient (Wildman–Crippen LogP) is 3.85. The average Bonchev–Trinajstić information content (AvgIpc) is 3.01. The van der Waals surface area contributed by atoms with Crippen molar-refractivity contribution in [2.45, 2.75) is 5.03 Å². The van der Waals surface area contributed by atoms with Gasteiger partial charge in [-0.25, -0.2) is 4.68 Å². The smallest absolute Gasteiger partial charge is 0.260 e. The molecule has 1 amide bonds. The maximum atomic E-state index is 12.5. The first kappa shape index (κ1) is 14.4. The van der Waals surface area contributed by atoms with Gasteiger partial charge in [0.25, 0.3) is 5.91 Å². The molecule has 0 aliphatic heterocycles. The second kappa shape index (κ2) is 6.49. The molecule has 2 aromatic carbocycles. The molecule has 0 fully saturated rings. The maximum Gasteiger partial charge on any atom is 0.260 e. The predicted molar refractivity (Wildman–Crippen MR) is 89.7 cm³/mol. The minimum absolute atomic E-state index is 0.155. The number of para-hydroxylation sites is 2. The molecule has 0 atom stereocenters. The quantitative estimate of drug-likeness (QED) is 0.745. The van der Waals surface area contributed by atoms with E-state index in [1.165, 1.54) is 11.8 Å². The number of amides is 1. The number of hydrogen-bond donors (Lipinski definition) is 1. The number of benzene rings is 2. The highest BCUT2D eigenvalue weighted by atomic mass is 32.2. The van der Waals surface area contributed by atoms with Crippen LogP contribution in [-0.2, 0) is 0 Å². The van der Waals surface area contributed by atoms with Crippen molar-refractivity contribution in [2.24, 2.45) is 0 Å². The lowest BCUT2D eigenvalue weighted by Gasteiger charge is -2.03. The van der Waals surface area contributed by atoms with Gasteiger partial charge in [-0.15, -0.1) is 11.8 Å². The van der Waals surface area contributed by atoms with E-state index in [1.807, 2.05) is 66.9 Å². The first-order chi connectivity index (χ1) is 10.8. The van der Waals surface area contributed by atoms with Crippen LogP contribution in [0.1, 0.15) is 10.4 Å². The Balaban J connectivity index is 1.90. The molecule has 5 heteroatoms. The third-order valence-corrected chi connectivity index (χ3v) is 3.86. The summed E-state index contributed by atoms with van der Waals surface area (Å²) in [4.78, 5) is 12.5. The Kier molecular flexibility index (Phi) is 4.25. The standard InChI is InChI=1S/C17H15N3OS/c1-22-17-15(16(21)18-13-8-4-2-5-9-13)12-20(19-17)14-10-6-3-7-11-14/h2-12H,1H3,(H,18,21). The maximum absolute atomic E-state index is 12.5. The fraction of sp³-hybridized carbons (Fsp3) is 0.0588. The fourth-order valence-corrected chi connectivity index (χ4v) is 2.63. The second-order valence-corrected chi connectivity index (χ2v) is 5.45. The molecule has 1 heterocycles. The number of aromatic nitrogens is 2. The van der Waals surface area contributed by atoms with Gasteiger partial charge in [0.15, 0.2) is 0 Å². The summed E-state index contributed by atoms with van der Waals surface area (Å²) < 4.78 is 1.73. The van der Waals surface area contributed by atoms with E-state index in [-0.39, 0.29) is 5.91 Å². The molecule has 0 radical (unpaired) electrons. The molecule has 22 heavy (non-hydrogen) atoms. The number of hydrogen-bond acceptors (Lipinski definition) is 3. The van der Waals surface area contributed by atoms with E-state index in [0.29, 0.717) is 10.6 Å². The van der Waals surface area contributed by atoms with Crippen LogP contribution < -0.4 is 5.32 Å². The molecule has 3 aromatic rings. The number of rotatable bonds is 4. The van der Waals surface area contributed by atoms with Crippen molar-refractivity contribution in [2.75, 3.05) is 11.6 Å². The van der Waals surface area contributed by atoms with Crippen molar-refractivity contribution in [1.82, 2.24) is 9.78 Å². The molecule has 110 valence electrons. The summed E-state index contributed by atoms with van der Waals surface area (Å²) in [5.41, 5.74) is 2.27. The number of carbonyl (C=O) groups is 1. The first-order valence-corrected chi connectivity index (χ1v) is 8.06. The van der Waals surface area contributed by atoms with Gasteiger partial charge >= 0.3 is 0 Å². The third kappa shape index (κ3) is 3.04. The first-order valence-electron chi connectivity index (χ1n) is 6.83. The summed E-state index contributed by atoms with van der Waals surface area (Å²) in [6.07, 6.45) is 3.68. The Hall–Kier alpha value is -2.53. The van der Waals surface area contributed by atoms with Gasteiger partial charge in [-0.2, -0.15) is 5.10 Å². The zero-order chi connectivity index (χ0) is 15.4. The summed E-state index contributed by atoms with van der Waals surface area (Å²) in [6.45, 7) is 0. The summed E-state index contributed by atoms with van der Waals surface area (Å²) in [5.74, 6) is -0.155. The molecule has 0 aliphatic rings. The van der Waals surface area contributed by atoms with Crippen LogP contribution in [0.2, 0.25) is 0 Å². The Labute approximate surface area is 133 Å². The van der Waals surface area contributed by atoms with E-state index in [9.17, 15) is 4.79 Å². The van der Waals surface area contributed by atoms with Crippen LogP contribution >= 0.6 is 11.8 Å². The van der Waals surface area contributed by atoms with Crippen LogP contribution in [0.3, 0.4) is 0 Å². The zero-order valence-electron chi connectivity index (χ0n) is 12.1. The number of nitrogens with zero attached hydrogens (tertiary/aromatic N) is 2. The van der Waals surface area contributed by atoms with E-state index in [0.717, 1.165) is 11.4 Å². The lowest BCUT2D eigenvalue weighted by molar-refractivity contribution is 0.102. The monoisotopic (exact) mass is 309 g/mol. The van der Waals surface area contributed by atoms with Gasteiger partial charge in [0, 0.05) is 11.9 Å². The van der Waals surface area contributed by atoms with Gasteiger partial charge < -0.3 is 5.32 Å². The van der Waals surface area contributed by atoms with Crippen LogP contribution in [0.25, 0.3) is 5.69 Å². The Morgan fingerprint density at radius 2 is 1.68 bits per heavy atom. The van der Waals surface area contributed by atoms with Gasteiger partial charge in [-0.1, -0.05) is 36.4 Å². The highest BCUT2D eigenvalue weighted by Gasteiger charge is 2.16. The molecule has 0 aliphatic carbocycles. The van der Waals surface area contributed by atoms with Crippen LogP contribution in [0.4, 0.5) is 5.69 Å². The number of nitrogens with one attached hydrogen (secondary N) is 1. The van der Waals surface area contributed by atoms with Crippen molar-refractivity contribution in [3.8, 4) is 5.69 Å². The molecule has 1 aromatic heterocycles. The molecule has 3 rings (SSSR count). The Bertz CT molecular complexity index is 769. The van der Waals surface area contributed by atoms with Crippen LogP contribution in [0.5, 0.6) is 0 Å². The van der Waals surface area contributed by atoms with Gasteiger partial charge in [0.2, 0.25) is 0 Å². The zero-order valence-corrected chi connectivity index (χ0v) is 12.9. The minimum Gasteiger partial charge on any atom is -0.322 e. The largest absolute Gasteiger partial charge is 0.322 e. The lowest BCUT2D eigenvalue weighted by Crippen LogP contribution is -2.11. The summed E-state index contributed by atoms with van der Waals surface area (Å²) in [6, 6.07) is 19.2. The lowest BCUT2D eigenvalue weighted by atomic mass is 10.3. The Morgan fingerprint density at radius 3 is 2.32 bits per heavy atom. The van der Waals surface area contributed by atoms with E-state index in [4.69, 9.17) is 0 Å². The second-order valence-electron chi connectivity index (χ2n) is 4.65. The van der Waals surface area contributed by atoms with Crippen molar-refractivity contribution in [1.29, 1.82) is 0 Å². The van der Waals surface area contributed by atoms with Crippen molar-refractivity contribution < 1.29 is 4.79 Å². The van der Waals surface area contributed by atoms with E-state index < -0.39 is 0 Å². The van der Waals surface area contributed by atoms with Gasteiger partial charge in [-0.05, 0) is 30.5 Å². The summed E-state index contributed by atoms with van der Waals surface area (Å²) >= 11 is 1.46. The SMILES string of the molecule is CSc1nn(-c2ccccc2)cc1C(=O)Nc1ccccc1. The number of carbonyl (C=O) groups excluding carboxylic acids is 1. The van der Waals surface area contributed by atoms with Crippen LogP contribution in [-0.4, -0.2) is 21.9 Å². The molecule has 1 N–H and O–H groups in total. The molecule has 0 bridgehead atoms. The summed E-state index contributed by atoms with van der Waals surface area (Å²) in [7, 11) is 0. The number of thioether (sulfide) groups is 1. The van der Waals surface area contributed by atoms with E-state index in [2.05, 4.69) is 10.4 Å². The van der Waals surface area contributed by atoms with Crippen LogP contribution in [0.15, 0.2) is 71.9 Å². The topological polar surface area (TPSA) is 46.9 Å². The molecular weight excluding hydrogens is 294 g/mol. The minimum atomic E-state index is -0.155. The third-order valence-electron chi connectivity index (χ3n) is 3.17. The van der Waals surface area contributed by atoms with Gasteiger partial charge in [0.05, 0.1) is 11.3 Å². The van der Waals surface area contributed by atoms with E-state index >= 15 is 0 Å². The summed E-state index contributed by atoms with van der Waals surface area (Å²) in [5, 5.41) is 8.08. The highest BCUT2D eigenvalue weighted by molar-refractivity contribution is 7.98. The average molecular weight is 309 g/mol. The molecule has 0 saturated heterocycles. The van der Waals surface area contributed by atoms with Crippen molar-refractivity contribution >= 4 is 23.4 Å². The van der Waals surface area contributed by atoms with Crippen molar-refractivity contribution in [3.63, 3.8) is 0 Å². The molecule has 0 unspecified atom stereocenters. The number of anilines is 1. The Morgan fingerprint density at radius 1 is 1.05 bits per heavy atom. The van der Waals surface area contributed by atoms with Crippen LogP contribution in [0, 0.1) is 0 Å². The van der Waals surface area contributed by atoms with Gasteiger partial charge in [-0.3, -0.25) is 4.79 Å². The molecular formula is C17H15N3OS. The normalized spacial score (nSPS) is 10.4. The highest BCUT2D eigenvalue weighted by Crippen LogP contribution is 2.21. The molecule has 4 nitrogen and oxygen atoms in total.